The van der Waals surface area contributed by atoms with Crippen molar-refractivity contribution >= 4 is 11.7 Å². The zero-order chi connectivity index (χ0) is 17.5. The van der Waals surface area contributed by atoms with E-state index in [9.17, 15) is 18.0 Å². The van der Waals surface area contributed by atoms with E-state index in [-0.39, 0.29) is 12.2 Å². The minimum atomic E-state index is -3.12. The molecule has 0 aliphatic carbocycles. The molecule has 0 saturated carbocycles. The van der Waals surface area contributed by atoms with Crippen LogP contribution in [-0.2, 0) is 6.54 Å². The number of carbonyl (C=O) groups is 1. The molecule has 0 aliphatic heterocycles. The van der Waals surface area contributed by atoms with Gasteiger partial charge < -0.3 is 20.1 Å². The van der Waals surface area contributed by atoms with Crippen LogP contribution in [-0.4, -0.2) is 19.8 Å². The van der Waals surface area contributed by atoms with Crippen LogP contribution in [0.5, 0.6) is 11.5 Å². The van der Waals surface area contributed by atoms with E-state index in [2.05, 4.69) is 15.4 Å². The molecule has 0 saturated heterocycles. The SMILES string of the molecule is COc1ccccc1CNC(=O)Nc1ccc(OC(F)F)c(F)c1. The number of methoxy groups -OCH3 is 1. The number of hydrogen-bond acceptors (Lipinski definition) is 3. The van der Waals surface area contributed by atoms with Gasteiger partial charge >= 0.3 is 12.6 Å². The first-order valence-corrected chi connectivity index (χ1v) is 6.90. The summed E-state index contributed by atoms with van der Waals surface area (Å²) in [7, 11) is 1.52. The van der Waals surface area contributed by atoms with E-state index in [0.717, 1.165) is 17.7 Å². The average molecular weight is 340 g/mol. The summed E-state index contributed by atoms with van der Waals surface area (Å²) in [5.41, 5.74) is 0.869. The van der Waals surface area contributed by atoms with Crippen molar-refractivity contribution in [2.45, 2.75) is 13.2 Å². The third-order valence-electron chi connectivity index (χ3n) is 3.04. The Morgan fingerprint density at radius 1 is 1.17 bits per heavy atom. The summed E-state index contributed by atoms with van der Waals surface area (Å²) in [6.45, 7) is -2.92. The van der Waals surface area contributed by atoms with E-state index in [1.807, 2.05) is 0 Å². The fraction of sp³-hybridized carbons (Fsp3) is 0.188. The van der Waals surface area contributed by atoms with Crippen LogP contribution >= 0.6 is 0 Å². The Morgan fingerprint density at radius 2 is 1.92 bits per heavy atom. The smallest absolute Gasteiger partial charge is 0.387 e. The van der Waals surface area contributed by atoms with Gasteiger partial charge in [0.25, 0.3) is 0 Å². The second-order valence-corrected chi connectivity index (χ2v) is 4.64. The molecule has 2 N–H and O–H groups in total. The fourth-order valence-corrected chi connectivity index (χ4v) is 1.97. The molecule has 5 nitrogen and oxygen atoms in total. The Morgan fingerprint density at radius 3 is 2.58 bits per heavy atom. The number of hydrogen-bond donors (Lipinski definition) is 2. The molecule has 0 fully saturated rings. The number of rotatable bonds is 6. The Hall–Kier alpha value is -2.90. The van der Waals surface area contributed by atoms with Crippen molar-refractivity contribution in [2.75, 3.05) is 12.4 Å². The second-order valence-electron chi connectivity index (χ2n) is 4.64. The predicted octanol–water partition coefficient (Wildman–Crippen LogP) is 3.76. The molecule has 2 aromatic carbocycles. The molecule has 8 heteroatoms. The first kappa shape index (κ1) is 17.5. The molecule has 0 unspecified atom stereocenters. The molecule has 128 valence electrons. The monoisotopic (exact) mass is 340 g/mol. The summed E-state index contributed by atoms with van der Waals surface area (Å²) in [5, 5.41) is 4.98. The molecule has 2 aromatic rings. The third-order valence-corrected chi connectivity index (χ3v) is 3.04. The van der Waals surface area contributed by atoms with E-state index in [1.165, 1.54) is 13.2 Å². The summed E-state index contributed by atoms with van der Waals surface area (Å²) in [5.74, 6) is -0.972. The lowest BCUT2D eigenvalue weighted by Gasteiger charge is -2.11. The van der Waals surface area contributed by atoms with E-state index in [0.29, 0.717) is 5.75 Å². The minimum Gasteiger partial charge on any atom is -0.496 e. The molecular formula is C16H15F3N2O3. The van der Waals surface area contributed by atoms with Gasteiger partial charge in [0.15, 0.2) is 11.6 Å². The van der Waals surface area contributed by atoms with Crippen LogP contribution in [0.2, 0.25) is 0 Å². The van der Waals surface area contributed by atoms with E-state index < -0.39 is 24.2 Å². The lowest BCUT2D eigenvalue weighted by molar-refractivity contribution is -0.0521. The van der Waals surface area contributed by atoms with E-state index in [1.54, 1.807) is 24.3 Å². The van der Waals surface area contributed by atoms with Crippen LogP contribution in [0.4, 0.5) is 23.7 Å². The molecular weight excluding hydrogens is 325 g/mol. The first-order valence-electron chi connectivity index (χ1n) is 6.90. The largest absolute Gasteiger partial charge is 0.496 e. The first-order chi connectivity index (χ1) is 11.5. The molecule has 0 bridgehead atoms. The van der Waals surface area contributed by atoms with Gasteiger partial charge in [0.05, 0.1) is 7.11 Å². The number of halogens is 3. The van der Waals surface area contributed by atoms with Crippen LogP contribution in [0, 0.1) is 5.82 Å². The standard InChI is InChI=1S/C16H15F3N2O3/c1-23-13-5-3-2-4-10(13)9-20-16(22)21-11-6-7-14(12(17)8-11)24-15(18)19/h2-8,15H,9H2,1H3,(H2,20,21,22). The molecule has 0 heterocycles. The zero-order valence-electron chi connectivity index (χ0n) is 12.7. The lowest BCUT2D eigenvalue weighted by atomic mass is 10.2. The zero-order valence-corrected chi connectivity index (χ0v) is 12.7. The van der Waals surface area contributed by atoms with Crippen molar-refractivity contribution in [3.8, 4) is 11.5 Å². The predicted molar refractivity (Wildman–Crippen MR) is 81.9 cm³/mol. The topological polar surface area (TPSA) is 59.6 Å². The highest BCUT2D eigenvalue weighted by molar-refractivity contribution is 5.89. The summed E-state index contributed by atoms with van der Waals surface area (Å²) in [4.78, 5) is 11.8. The summed E-state index contributed by atoms with van der Waals surface area (Å²) < 4.78 is 46.8. The third kappa shape index (κ3) is 4.80. The highest BCUT2D eigenvalue weighted by Crippen LogP contribution is 2.23. The van der Waals surface area contributed by atoms with Gasteiger partial charge in [-0.3, -0.25) is 0 Å². The van der Waals surface area contributed by atoms with Crippen molar-refractivity contribution in [2.24, 2.45) is 0 Å². The fourth-order valence-electron chi connectivity index (χ4n) is 1.97. The molecule has 0 aromatic heterocycles. The maximum atomic E-state index is 13.6. The number of alkyl halides is 2. The number of nitrogens with one attached hydrogen (secondary N) is 2. The maximum absolute atomic E-state index is 13.6. The van der Waals surface area contributed by atoms with Gasteiger partial charge in [-0.05, 0) is 18.2 Å². The van der Waals surface area contributed by atoms with Gasteiger partial charge in [0.1, 0.15) is 5.75 Å². The average Bonchev–Trinajstić information content (AvgIpc) is 2.55. The van der Waals surface area contributed by atoms with Gasteiger partial charge in [-0.25, -0.2) is 9.18 Å². The number of anilines is 1. The van der Waals surface area contributed by atoms with Gasteiger partial charge in [-0.2, -0.15) is 8.78 Å². The summed E-state index contributed by atoms with van der Waals surface area (Å²) in [6.07, 6.45) is 0. The maximum Gasteiger partial charge on any atom is 0.387 e. The number of benzene rings is 2. The Balaban J connectivity index is 1.94. The molecule has 2 rings (SSSR count). The highest BCUT2D eigenvalue weighted by Gasteiger charge is 2.11. The molecule has 0 aliphatic rings. The number of urea groups is 1. The van der Waals surface area contributed by atoms with Crippen LogP contribution in [0.1, 0.15) is 5.56 Å². The Bertz CT molecular complexity index is 711. The molecule has 0 spiro atoms. The van der Waals surface area contributed by atoms with Gasteiger partial charge in [-0.15, -0.1) is 0 Å². The van der Waals surface area contributed by atoms with E-state index >= 15 is 0 Å². The molecule has 2 amide bonds. The van der Waals surface area contributed by atoms with Crippen LogP contribution < -0.4 is 20.1 Å². The van der Waals surface area contributed by atoms with Crippen LogP contribution in [0.3, 0.4) is 0 Å². The molecule has 24 heavy (non-hydrogen) atoms. The number of amides is 2. The summed E-state index contributed by atoms with van der Waals surface area (Å²) >= 11 is 0. The van der Waals surface area contributed by atoms with Gasteiger partial charge in [-0.1, -0.05) is 18.2 Å². The van der Waals surface area contributed by atoms with Crippen LogP contribution in [0.25, 0.3) is 0 Å². The van der Waals surface area contributed by atoms with Crippen molar-refractivity contribution in [1.29, 1.82) is 0 Å². The molecule has 0 radical (unpaired) electrons. The van der Waals surface area contributed by atoms with Crippen molar-refractivity contribution in [3.05, 3.63) is 53.8 Å². The van der Waals surface area contributed by atoms with Crippen molar-refractivity contribution in [3.63, 3.8) is 0 Å². The highest BCUT2D eigenvalue weighted by atomic mass is 19.3. The number of ether oxygens (including phenoxy) is 2. The number of carbonyl (C=O) groups excluding carboxylic acids is 1. The second kappa shape index (κ2) is 8.09. The summed E-state index contributed by atoms with van der Waals surface area (Å²) in [6, 6.07) is 9.72. The van der Waals surface area contributed by atoms with Crippen LogP contribution in [0.15, 0.2) is 42.5 Å². The van der Waals surface area contributed by atoms with Crippen molar-refractivity contribution in [1.82, 2.24) is 5.32 Å². The van der Waals surface area contributed by atoms with E-state index in [4.69, 9.17) is 4.74 Å². The van der Waals surface area contributed by atoms with Crippen molar-refractivity contribution < 1.29 is 27.4 Å². The normalized spacial score (nSPS) is 10.4. The number of para-hydroxylation sites is 1. The van der Waals surface area contributed by atoms with Gasteiger partial charge in [0.2, 0.25) is 0 Å². The lowest BCUT2D eigenvalue weighted by Crippen LogP contribution is -2.28. The quantitative estimate of drug-likeness (QED) is 0.842. The van der Waals surface area contributed by atoms with Gasteiger partial charge in [0, 0.05) is 23.9 Å². The molecule has 0 atom stereocenters. The Kier molecular flexibility index (Phi) is 5.89. The Labute approximate surface area is 136 Å². The minimum absolute atomic E-state index is 0.103.